The molecule has 3 rings (SSSR count). The normalized spacial score (nSPS) is 10.8. The highest BCUT2D eigenvalue weighted by atomic mass is 16.4. The molecule has 1 aromatic heterocycles. The van der Waals surface area contributed by atoms with Crippen molar-refractivity contribution in [3.63, 3.8) is 0 Å². The van der Waals surface area contributed by atoms with Crippen LogP contribution in [0.15, 0.2) is 30.3 Å². The number of nitrogens with one attached hydrogen (secondary N) is 1. The number of rotatable bonds is 3. The Balaban J connectivity index is 2.28. The van der Waals surface area contributed by atoms with Crippen LogP contribution in [0.3, 0.4) is 0 Å². The summed E-state index contributed by atoms with van der Waals surface area (Å²) in [5.41, 5.74) is -0.00825. The molecule has 0 radical (unpaired) electrons. The summed E-state index contributed by atoms with van der Waals surface area (Å²) < 4.78 is 0. The van der Waals surface area contributed by atoms with Crippen LogP contribution in [0.1, 0.15) is 20.7 Å². The van der Waals surface area contributed by atoms with Crippen molar-refractivity contribution in [3.05, 3.63) is 41.5 Å². The third-order valence-corrected chi connectivity index (χ3v) is 3.32. The summed E-state index contributed by atoms with van der Waals surface area (Å²) in [5, 5.41) is 37.9. The highest BCUT2D eigenvalue weighted by molar-refractivity contribution is 6.02. The summed E-state index contributed by atoms with van der Waals surface area (Å²) in [7, 11) is 0. The Morgan fingerprint density at radius 1 is 1.00 bits per heavy atom. The predicted molar refractivity (Wildman–Crippen MR) is 78.8 cm³/mol. The third kappa shape index (κ3) is 2.31. The Morgan fingerprint density at radius 3 is 2.35 bits per heavy atom. The molecule has 1 heterocycles. The van der Waals surface area contributed by atoms with Crippen LogP contribution in [0.4, 0.5) is 0 Å². The number of aromatic carboxylic acids is 2. The quantitative estimate of drug-likeness (QED) is 0.465. The van der Waals surface area contributed by atoms with Gasteiger partial charge in [0, 0.05) is 0 Å². The van der Waals surface area contributed by atoms with E-state index in [9.17, 15) is 19.8 Å². The highest BCUT2D eigenvalue weighted by Crippen LogP contribution is 2.35. The number of hydrogen-bond acceptors (Lipinski definition) is 5. The first-order chi connectivity index (χ1) is 10.9. The van der Waals surface area contributed by atoms with Gasteiger partial charge in [-0.15, -0.1) is 0 Å². The highest BCUT2D eigenvalue weighted by Gasteiger charge is 2.20. The molecule has 0 aliphatic rings. The molecular weight excluding hydrogens is 304 g/mol. The van der Waals surface area contributed by atoms with E-state index in [0.29, 0.717) is 5.52 Å². The lowest BCUT2D eigenvalue weighted by Gasteiger charge is -2.06. The maximum atomic E-state index is 11.2. The van der Waals surface area contributed by atoms with Crippen LogP contribution in [0.5, 0.6) is 11.5 Å². The van der Waals surface area contributed by atoms with Crippen LogP contribution in [-0.2, 0) is 0 Å². The minimum Gasteiger partial charge on any atom is -0.508 e. The second-order valence-electron chi connectivity index (χ2n) is 4.79. The molecule has 0 aliphatic heterocycles. The zero-order valence-corrected chi connectivity index (χ0v) is 11.4. The van der Waals surface area contributed by atoms with Crippen LogP contribution in [0.25, 0.3) is 22.4 Å². The lowest BCUT2D eigenvalue weighted by Crippen LogP contribution is -1.98. The molecule has 8 heteroatoms. The topological polar surface area (TPSA) is 144 Å². The fourth-order valence-electron chi connectivity index (χ4n) is 2.30. The molecule has 23 heavy (non-hydrogen) atoms. The number of aromatic amines is 1. The van der Waals surface area contributed by atoms with Gasteiger partial charge in [0.25, 0.3) is 0 Å². The van der Waals surface area contributed by atoms with Gasteiger partial charge < -0.3 is 25.4 Å². The molecule has 0 unspecified atom stereocenters. The molecule has 116 valence electrons. The molecule has 8 nitrogen and oxygen atoms in total. The Bertz CT molecular complexity index is 960. The second-order valence-corrected chi connectivity index (χ2v) is 4.79. The van der Waals surface area contributed by atoms with Crippen LogP contribution in [-0.4, -0.2) is 42.3 Å². The summed E-state index contributed by atoms with van der Waals surface area (Å²) in [6.07, 6.45) is 0. The zero-order valence-electron chi connectivity index (χ0n) is 11.4. The van der Waals surface area contributed by atoms with E-state index in [1.54, 1.807) is 6.07 Å². The van der Waals surface area contributed by atoms with Gasteiger partial charge in [-0.25, -0.2) is 14.6 Å². The van der Waals surface area contributed by atoms with Crippen LogP contribution >= 0.6 is 0 Å². The number of carboxylic acid groups (broad SMARTS) is 2. The lowest BCUT2D eigenvalue weighted by molar-refractivity contribution is 0.0684. The molecule has 3 aromatic rings. The maximum absolute atomic E-state index is 11.2. The molecule has 0 bridgehead atoms. The monoisotopic (exact) mass is 314 g/mol. The van der Waals surface area contributed by atoms with E-state index < -0.39 is 23.3 Å². The minimum atomic E-state index is -1.41. The number of imidazole rings is 1. The number of aromatic nitrogens is 2. The van der Waals surface area contributed by atoms with E-state index in [-0.39, 0.29) is 28.2 Å². The number of carbonyl (C=O) groups is 2. The predicted octanol–water partition coefficient (Wildman–Crippen LogP) is 2.04. The van der Waals surface area contributed by atoms with Gasteiger partial charge in [0.15, 0.2) is 0 Å². The summed E-state index contributed by atoms with van der Waals surface area (Å²) in [6, 6.07) is 6.54. The second kappa shape index (κ2) is 5.02. The fraction of sp³-hybridized carbons (Fsp3) is 0. The summed E-state index contributed by atoms with van der Waals surface area (Å²) in [6.45, 7) is 0. The Hall–Kier alpha value is -3.55. The first kappa shape index (κ1) is 14.4. The van der Waals surface area contributed by atoms with Crippen molar-refractivity contribution >= 4 is 23.0 Å². The van der Waals surface area contributed by atoms with Gasteiger partial charge in [0.1, 0.15) is 28.4 Å². The van der Waals surface area contributed by atoms with Crippen molar-refractivity contribution in [2.45, 2.75) is 0 Å². The van der Waals surface area contributed by atoms with E-state index in [4.69, 9.17) is 10.2 Å². The molecule has 0 fully saturated rings. The van der Waals surface area contributed by atoms with E-state index in [1.807, 2.05) is 0 Å². The Labute approximate surface area is 128 Å². The van der Waals surface area contributed by atoms with Gasteiger partial charge in [0.2, 0.25) is 0 Å². The van der Waals surface area contributed by atoms with Crippen LogP contribution in [0, 0.1) is 0 Å². The number of aromatic hydroxyl groups is 2. The van der Waals surface area contributed by atoms with Crippen molar-refractivity contribution < 1.29 is 30.0 Å². The largest absolute Gasteiger partial charge is 0.508 e. The molecule has 5 N–H and O–H groups in total. The number of H-pyrrole nitrogens is 1. The third-order valence-electron chi connectivity index (χ3n) is 3.32. The molecular formula is C15H10N2O6. The Kier molecular flexibility index (Phi) is 3.14. The number of para-hydroxylation sites is 1. The molecule has 0 saturated heterocycles. The molecule has 2 aromatic carbocycles. The van der Waals surface area contributed by atoms with Crippen LogP contribution < -0.4 is 0 Å². The number of fused-ring (bicyclic) bond motifs is 1. The molecule has 0 aliphatic carbocycles. The van der Waals surface area contributed by atoms with Gasteiger partial charge in [0.05, 0.1) is 16.6 Å². The average molecular weight is 314 g/mol. The van der Waals surface area contributed by atoms with E-state index in [0.717, 1.165) is 12.1 Å². The number of carboxylic acids is 2. The Morgan fingerprint density at radius 2 is 1.70 bits per heavy atom. The van der Waals surface area contributed by atoms with Crippen molar-refractivity contribution in [1.82, 2.24) is 9.97 Å². The average Bonchev–Trinajstić information content (AvgIpc) is 2.92. The number of hydrogen-bond donors (Lipinski definition) is 5. The van der Waals surface area contributed by atoms with Crippen molar-refractivity contribution in [3.8, 4) is 22.9 Å². The van der Waals surface area contributed by atoms with Gasteiger partial charge in [-0.05, 0) is 24.3 Å². The standard InChI is InChI=1S/C15H10N2O6/c18-6-4-8(12(19)9(5-6)15(22)23)13-16-10-3-1-2-7(14(20)21)11(10)17-13/h1-5,18-19H,(H,16,17)(H,20,21)(H,22,23). The number of phenols is 2. The van der Waals surface area contributed by atoms with Crippen molar-refractivity contribution in [2.75, 3.05) is 0 Å². The van der Waals surface area contributed by atoms with Crippen molar-refractivity contribution in [2.24, 2.45) is 0 Å². The number of benzene rings is 2. The number of nitrogens with zero attached hydrogens (tertiary/aromatic N) is 1. The smallest absolute Gasteiger partial charge is 0.339 e. The van der Waals surface area contributed by atoms with E-state index in [2.05, 4.69) is 9.97 Å². The first-order valence-corrected chi connectivity index (χ1v) is 6.40. The molecule has 0 saturated carbocycles. The minimum absolute atomic E-state index is 0.0388. The zero-order chi connectivity index (χ0) is 16.7. The van der Waals surface area contributed by atoms with Crippen molar-refractivity contribution in [1.29, 1.82) is 0 Å². The molecule has 0 spiro atoms. The first-order valence-electron chi connectivity index (χ1n) is 6.40. The fourth-order valence-corrected chi connectivity index (χ4v) is 2.30. The van der Waals surface area contributed by atoms with Gasteiger partial charge in [-0.1, -0.05) is 6.07 Å². The summed E-state index contributed by atoms with van der Waals surface area (Å²) >= 11 is 0. The molecule has 0 amide bonds. The lowest BCUT2D eigenvalue weighted by atomic mass is 10.1. The SMILES string of the molecule is O=C(O)c1cc(O)cc(-c2nc3c(C(=O)O)cccc3[nH]2)c1O. The van der Waals surface area contributed by atoms with Gasteiger partial charge in [-0.3, -0.25) is 0 Å². The van der Waals surface area contributed by atoms with E-state index >= 15 is 0 Å². The number of phenolic OH excluding ortho intramolecular Hbond substituents is 1. The maximum Gasteiger partial charge on any atom is 0.339 e. The summed E-state index contributed by atoms with van der Waals surface area (Å²) in [4.78, 5) is 29.2. The van der Waals surface area contributed by atoms with E-state index in [1.165, 1.54) is 12.1 Å². The molecule has 0 atom stereocenters. The van der Waals surface area contributed by atoms with Crippen LogP contribution in [0.2, 0.25) is 0 Å². The van der Waals surface area contributed by atoms with Gasteiger partial charge >= 0.3 is 11.9 Å². The van der Waals surface area contributed by atoms with Gasteiger partial charge in [-0.2, -0.15) is 0 Å². The summed E-state index contributed by atoms with van der Waals surface area (Å²) in [5.74, 6) is -3.48.